The van der Waals surface area contributed by atoms with Gasteiger partial charge in [0.05, 0.1) is 6.42 Å². The molecule has 1 aromatic rings. The number of aromatic hydroxyl groups is 1. The summed E-state index contributed by atoms with van der Waals surface area (Å²) in [4.78, 5) is 11.1. The number of phenolic OH excluding ortho intramolecular Hbond substituents is 1. The Morgan fingerprint density at radius 2 is 1.89 bits per heavy atom. The quantitative estimate of drug-likeness (QED) is 0.873. The predicted molar refractivity (Wildman–Crippen MR) is 72.5 cm³/mol. The molecular formula is C16H20O3. The molecule has 19 heavy (non-hydrogen) atoms. The second kappa shape index (κ2) is 4.87. The van der Waals surface area contributed by atoms with Crippen LogP contribution in [-0.2, 0) is 17.6 Å². The third kappa shape index (κ3) is 2.46. The molecule has 2 aliphatic carbocycles. The number of carboxylic acids is 1. The molecule has 1 aromatic carbocycles. The van der Waals surface area contributed by atoms with Crippen molar-refractivity contribution in [2.45, 2.75) is 50.9 Å². The lowest BCUT2D eigenvalue weighted by molar-refractivity contribution is -0.137. The zero-order chi connectivity index (χ0) is 13.4. The van der Waals surface area contributed by atoms with Crippen LogP contribution in [0.15, 0.2) is 12.1 Å². The topological polar surface area (TPSA) is 57.5 Å². The zero-order valence-electron chi connectivity index (χ0n) is 11.1. The maximum absolute atomic E-state index is 11.1. The van der Waals surface area contributed by atoms with Crippen molar-refractivity contribution in [2.24, 2.45) is 5.92 Å². The van der Waals surface area contributed by atoms with Crippen molar-refractivity contribution in [1.82, 2.24) is 0 Å². The molecule has 3 heteroatoms. The molecule has 1 fully saturated rings. The van der Waals surface area contributed by atoms with E-state index in [9.17, 15) is 9.90 Å². The first-order valence-corrected chi connectivity index (χ1v) is 7.22. The van der Waals surface area contributed by atoms with Crippen molar-refractivity contribution in [3.63, 3.8) is 0 Å². The SMILES string of the molecule is O=C(O)CC(c1ccc(O)c2c1CCCC2)C1CC1. The third-order valence-corrected chi connectivity index (χ3v) is 4.53. The van der Waals surface area contributed by atoms with E-state index in [1.54, 1.807) is 6.07 Å². The number of hydrogen-bond donors (Lipinski definition) is 2. The number of aliphatic carboxylic acids is 1. The summed E-state index contributed by atoms with van der Waals surface area (Å²) in [5.41, 5.74) is 3.50. The normalized spacial score (nSPS) is 19.8. The summed E-state index contributed by atoms with van der Waals surface area (Å²) in [6.07, 6.45) is 6.70. The fourth-order valence-corrected chi connectivity index (χ4v) is 3.44. The Kier molecular flexibility index (Phi) is 3.21. The molecule has 3 rings (SSSR count). The first-order chi connectivity index (χ1) is 9.16. The highest BCUT2D eigenvalue weighted by atomic mass is 16.4. The lowest BCUT2D eigenvalue weighted by Crippen LogP contribution is -2.14. The van der Waals surface area contributed by atoms with Crippen molar-refractivity contribution >= 4 is 5.97 Å². The van der Waals surface area contributed by atoms with Crippen LogP contribution in [0, 0.1) is 5.92 Å². The van der Waals surface area contributed by atoms with Crippen LogP contribution in [0.25, 0.3) is 0 Å². The molecule has 0 radical (unpaired) electrons. The zero-order valence-corrected chi connectivity index (χ0v) is 11.1. The number of hydrogen-bond acceptors (Lipinski definition) is 2. The molecule has 0 spiro atoms. The van der Waals surface area contributed by atoms with Gasteiger partial charge >= 0.3 is 5.97 Å². The lowest BCUT2D eigenvalue weighted by Gasteiger charge is -2.25. The van der Waals surface area contributed by atoms with Gasteiger partial charge in [-0.2, -0.15) is 0 Å². The number of fused-ring (bicyclic) bond motifs is 1. The van der Waals surface area contributed by atoms with Gasteiger partial charge in [0, 0.05) is 0 Å². The van der Waals surface area contributed by atoms with Crippen LogP contribution in [0.4, 0.5) is 0 Å². The molecule has 102 valence electrons. The van der Waals surface area contributed by atoms with E-state index < -0.39 is 5.97 Å². The first kappa shape index (κ1) is 12.5. The second-order valence-corrected chi connectivity index (χ2v) is 5.88. The highest BCUT2D eigenvalue weighted by Crippen LogP contribution is 2.47. The monoisotopic (exact) mass is 260 g/mol. The largest absolute Gasteiger partial charge is 0.508 e. The Morgan fingerprint density at radius 3 is 2.53 bits per heavy atom. The van der Waals surface area contributed by atoms with Gasteiger partial charge in [0.1, 0.15) is 5.75 Å². The number of phenols is 1. The lowest BCUT2D eigenvalue weighted by atomic mass is 9.80. The Bertz CT molecular complexity index is 503. The summed E-state index contributed by atoms with van der Waals surface area (Å²) < 4.78 is 0. The van der Waals surface area contributed by atoms with E-state index in [0.717, 1.165) is 44.1 Å². The summed E-state index contributed by atoms with van der Waals surface area (Å²) in [5.74, 6) is 0.356. The summed E-state index contributed by atoms with van der Waals surface area (Å²) >= 11 is 0. The summed E-state index contributed by atoms with van der Waals surface area (Å²) in [6.45, 7) is 0. The molecule has 1 atom stereocenters. The molecule has 2 aliphatic rings. The highest BCUT2D eigenvalue weighted by Gasteiger charge is 2.35. The van der Waals surface area contributed by atoms with Crippen LogP contribution in [0.2, 0.25) is 0 Å². The molecule has 0 aliphatic heterocycles. The minimum atomic E-state index is -0.713. The Balaban J connectivity index is 2.00. The summed E-state index contributed by atoms with van der Waals surface area (Å²) in [7, 11) is 0. The van der Waals surface area contributed by atoms with Crippen LogP contribution >= 0.6 is 0 Å². The molecule has 2 N–H and O–H groups in total. The molecule has 3 nitrogen and oxygen atoms in total. The first-order valence-electron chi connectivity index (χ1n) is 7.22. The van der Waals surface area contributed by atoms with E-state index in [0.29, 0.717) is 11.7 Å². The van der Waals surface area contributed by atoms with Gasteiger partial charge in [0.15, 0.2) is 0 Å². The Morgan fingerprint density at radius 1 is 1.21 bits per heavy atom. The van der Waals surface area contributed by atoms with E-state index >= 15 is 0 Å². The molecular weight excluding hydrogens is 240 g/mol. The summed E-state index contributed by atoms with van der Waals surface area (Å²) in [5, 5.41) is 19.1. The van der Waals surface area contributed by atoms with Crippen LogP contribution in [0.1, 0.15) is 54.7 Å². The number of rotatable bonds is 4. The van der Waals surface area contributed by atoms with Crippen LogP contribution in [-0.4, -0.2) is 16.2 Å². The van der Waals surface area contributed by atoms with E-state index in [2.05, 4.69) is 0 Å². The number of benzene rings is 1. The molecule has 1 unspecified atom stereocenters. The molecule has 0 amide bonds. The maximum Gasteiger partial charge on any atom is 0.303 e. The number of carbonyl (C=O) groups is 1. The van der Waals surface area contributed by atoms with E-state index in [-0.39, 0.29) is 12.3 Å². The van der Waals surface area contributed by atoms with Gasteiger partial charge in [-0.05, 0) is 73.1 Å². The van der Waals surface area contributed by atoms with Crippen molar-refractivity contribution in [3.8, 4) is 5.75 Å². The fraction of sp³-hybridized carbons (Fsp3) is 0.562. The van der Waals surface area contributed by atoms with Gasteiger partial charge in [-0.1, -0.05) is 6.07 Å². The average Bonchev–Trinajstić information content (AvgIpc) is 3.21. The molecule has 0 saturated heterocycles. The molecule has 1 saturated carbocycles. The minimum Gasteiger partial charge on any atom is -0.508 e. The molecule has 0 aromatic heterocycles. The van der Waals surface area contributed by atoms with Gasteiger partial charge < -0.3 is 10.2 Å². The van der Waals surface area contributed by atoms with E-state index in [4.69, 9.17) is 5.11 Å². The van der Waals surface area contributed by atoms with Crippen LogP contribution in [0.3, 0.4) is 0 Å². The number of carboxylic acid groups (broad SMARTS) is 1. The minimum absolute atomic E-state index is 0.143. The van der Waals surface area contributed by atoms with E-state index in [1.807, 2.05) is 6.07 Å². The second-order valence-electron chi connectivity index (χ2n) is 5.88. The molecule has 0 bridgehead atoms. The van der Waals surface area contributed by atoms with Gasteiger partial charge in [0.2, 0.25) is 0 Å². The van der Waals surface area contributed by atoms with Gasteiger partial charge in [-0.15, -0.1) is 0 Å². The van der Waals surface area contributed by atoms with Gasteiger partial charge in [-0.25, -0.2) is 0 Å². The third-order valence-electron chi connectivity index (χ3n) is 4.53. The smallest absolute Gasteiger partial charge is 0.303 e. The summed E-state index contributed by atoms with van der Waals surface area (Å²) in [6, 6.07) is 3.72. The van der Waals surface area contributed by atoms with Crippen molar-refractivity contribution in [2.75, 3.05) is 0 Å². The molecule has 0 heterocycles. The Labute approximate surface area is 113 Å². The average molecular weight is 260 g/mol. The van der Waals surface area contributed by atoms with E-state index in [1.165, 1.54) is 11.1 Å². The Hall–Kier alpha value is -1.51. The van der Waals surface area contributed by atoms with Gasteiger partial charge in [-0.3, -0.25) is 4.79 Å². The van der Waals surface area contributed by atoms with Crippen molar-refractivity contribution in [1.29, 1.82) is 0 Å². The van der Waals surface area contributed by atoms with Crippen molar-refractivity contribution < 1.29 is 15.0 Å². The maximum atomic E-state index is 11.1. The van der Waals surface area contributed by atoms with Crippen LogP contribution < -0.4 is 0 Å². The standard InChI is InChI=1S/C16H20O3/c17-15-8-7-12(11-3-1-2-4-13(11)15)14(9-16(18)19)10-5-6-10/h7-8,10,14,17H,1-6,9H2,(H,18,19). The fourth-order valence-electron chi connectivity index (χ4n) is 3.44. The van der Waals surface area contributed by atoms with Gasteiger partial charge in [0.25, 0.3) is 0 Å². The van der Waals surface area contributed by atoms with Crippen LogP contribution in [0.5, 0.6) is 5.75 Å². The predicted octanol–water partition coefficient (Wildman–Crippen LogP) is 3.24. The van der Waals surface area contributed by atoms with Crippen molar-refractivity contribution in [3.05, 3.63) is 28.8 Å². The highest BCUT2D eigenvalue weighted by molar-refractivity contribution is 5.68.